The highest BCUT2D eigenvalue weighted by molar-refractivity contribution is 6.31. The number of nitrogens with one attached hydrogen (secondary N) is 1. The van der Waals surface area contributed by atoms with Crippen molar-refractivity contribution in [3.8, 4) is 0 Å². The summed E-state index contributed by atoms with van der Waals surface area (Å²) in [5.74, 6) is 0.826. The predicted octanol–water partition coefficient (Wildman–Crippen LogP) is 5.65. The van der Waals surface area contributed by atoms with Gasteiger partial charge in [-0.25, -0.2) is 4.98 Å². The van der Waals surface area contributed by atoms with Crippen LogP contribution in [0.1, 0.15) is 84.1 Å². The molecule has 0 atom stereocenters. The van der Waals surface area contributed by atoms with Crippen molar-refractivity contribution in [2.75, 3.05) is 18.6 Å². The van der Waals surface area contributed by atoms with Gasteiger partial charge in [-0.1, -0.05) is 56.3 Å². The van der Waals surface area contributed by atoms with Crippen LogP contribution in [0.4, 0.5) is 5.69 Å². The zero-order valence-corrected chi connectivity index (χ0v) is 22.5. The fraction of sp³-hybridized carbons (Fsp3) is 0.448. The quantitative estimate of drug-likeness (QED) is 0.198. The van der Waals surface area contributed by atoms with Gasteiger partial charge in [0.2, 0.25) is 0 Å². The number of carbonyl (C=O) groups excluding carboxylic acids is 2. The number of imidazole rings is 1. The van der Waals surface area contributed by atoms with Gasteiger partial charge in [-0.05, 0) is 43.4 Å². The second kappa shape index (κ2) is 11.7. The molecular weight excluding hydrogens is 502 g/mol. The molecule has 1 fully saturated rings. The number of aliphatic hydroxyl groups is 1. The lowest BCUT2D eigenvalue weighted by molar-refractivity contribution is 0.0580. The molecule has 9 heteroatoms. The molecule has 1 aromatic heterocycles. The van der Waals surface area contributed by atoms with Crippen molar-refractivity contribution in [1.29, 1.82) is 0 Å². The zero-order chi connectivity index (χ0) is 26.6. The zero-order valence-electron chi connectivity index (χ0n) is 21.8. The largest absolute Gasteiger partial charge is 0.395 e. The Labute approximate surface area is 227 Å². The maximum atomic E-state index is 12.9. The normalized spacial score (nSPS) is 16.2. The lowest BCUT2D eigenvalue weighted by Gasteiger charge is -2.27. The number of rotatable bonds is 10. The van der Waals surface area contributed by atoms with Crippen LogP contribution in [0.3, 0.4) is 0 Å². The second-order valence-electron chi connectivity index (χ2n) is 10.2. The molecular formula is C29H34ClN5O3. The highest BCUT2D eigenvalue weighted by Crippen LogP contribution is 2.34. The van der Waals surface area contributed by atoms with E-state index in [1.54, 1.807) is 30.5 Å². The van der Waals surface area contributed by atoms with Crippen LogP contribution in [0.15, 0.2) is 35.4 Å². The van der Waals surface area contributed by atoms with Gasteiger partial charge in [0.1, 0.15) is 11.5 Å². The molecule has 1 saturated carbocycles. The molecule has 5 rings (SSSR count). The van der Waals surface area contributed by atoms with Crippen LogP contribution in [-0.4, -0.2) is 50.7 Å². The minimum Gasteiger partial charge on any atom is -0.395 e. The van der Waals surface area contributed by atoms with E-state index in [4.69, 9.17) is 11.6 Å². The summed E-state index contributed by atoms with van der Waals surface area (Å²) in [5.41, 5.74) is 5.46. The third kappa shape index (κ3) is 5.07. The van der Waals surface area contributed by atoms with Gasteiger partial charge < -0.3 is 9.67 Å². The molecule has 8 nitrogen and oxygen atoms in total. The number of hydrazone groups is 1. The number of nitrogens with zero attached hydrogens (tertiary/aromatic N) is 4. The summed E-state index contributed by atoms with van der Waals surface area (Å²) in [6.45, 7) is 2.76. The number of aromatic nitrogens is 2. The lowest BCUT2D eigenvalue weighted by atomic mass is 9.89. The van der Waals surface area contributed by atoms with Crippen molar-refractivity contribution in [2.24, 2.45) is 11.0 Å². The van der Waals surface area contributed by atoms with Gasteiger partial charge in [-0.2, -0.15) is 5.10 Å². The molecule has 2 amide bonds. The van der Waals surface area contributed by atoms with Gasteiger partial charge in [0.25, 0.3) is 11.8 Å². The number of aliphatic hydroxyl groups excluding tert-OH is 1. The molecule has 2 aliphatic rings. The minimum absolute atomic E-state index is 0.0344. The second-order valence-corrected chi connectivity index (χ2v) is 10.5. The average molecular weight is 536 g/mol. The number of anilines is 1. The van der Waals surface area contributed by atoms with Gasteiger partial charge in [0.05, 0.1) is 25.1 Å². The summed E-state index contributed by atoms with van der Waals surface area (Å²) >= 11 is 6.61. The van der Waals surface area contributed by atoms with E-state index in [0.29, 0.717) is 33.3 Å². The molecule has 1 aliphatic carbocycles. The summed E-state index contributed by atoms with van der Waals surface area (Å²) in [6.07, 6.45) is 11.1. The van der Waals surface area contributed by atoms with E-state index in [-0.39, 0.29) is 13.2 Å². The fourth-order valence-electron chi connectivity index (χ4n) is 5.67. The Kier molecular flexibility index (Phi) is 8.09. The van der Waals surface area contributed by atoms with Crippen LogP contribution in [0, 0.1) is 5.92 Å². The van der Waals surface area contributed by atoms with Gasteiger partial charge in [0.15, 0.2) is 5.15 Å². The highest BCUT2D eigenvalue weighted by atomic mass is 35.5. The number of hydrogen-bond donors (Lipinski definition) is 2. The van der Waals surface area contributed by atoms with E-state index < -0.39 is 11.8 Å². The first kappa shape index (κ1) is 26.4. The number of β-amino-alcohol motifs (C(OH)–C–C–N with tert-alkyl or cyclic N) is 1. The van der Waals surface area contributed by atoms with Crippen molar-refractivity contribution >= 4 is 46.1 Å². The number of hydrogen-bond acceptors (Lipinski definition) is 6. The summed E-state index contributed by atoms with van der Waals surface area (Å²) in [4.78, 5) is 31.7. The Bertz CT molecular complexity index is 1350. The van der Waals surface area contributed by atoms with E-state index in [2.05, 4.69) is 27.0 Å². The highest BCUT2D eigenvalue weighted by Gasteiger charge is 2.32. The van der Waals surface area contributed by atoms with Gasteiger partial charge in [-0.15, -0.1) is 0 Å². The average Bonchev–Trinajstić information content (AvgIpc) is 3.22. The Morgan fingerprint density at radius 3 is 2.63 bits per heavy atom. The number of imide groups is 1. The first-order valence-corrected chi connectivity index (χ1v) is 14.0. The van der Waals surface area contributed by atoms with Crippen LogP contribution in [0.25, 0.3) is 10.8 Å². The number of benzene rings is 2. The van der Waals surface area contributed by atoms with E-state index in [9.17, 15) is 14.7 Å². The van der Waals surface area contributed by atoms with Gasteiger partial charge >= 0.3 is 0 Å². The number of aryl methyl sites for hydroxylation is 1. The van der Waals surface area contributed by atoms with Crippen molar-refractivity contribution in [3.05, 3.63) is 58.1 Å². The molecule has 0 radical (unpaired) electrons. The molecule has 200 valence electrons. The molecule has 3 aromatic rings. The fourth-order valence-corrected chi connectivity index (χ4v) is 5.92. The predicted molar refractivity (Wildman–Crippen MR) is 150 cm³/mol. The van der Waals surface area contributed by atoms with E-state index in [1.165, 1.54) is 32.1 Å². The Balaban J connectivity index is 1.44. The SMILES string of the molecule is CCCCc1nc(Cl)c(/C=N/Nc2ccc3c4c(cccc24)C(=O)N(CCO)C3=O)n1CC1CCCCC1. The third-order valence-electron chi connectivity index (χ3n) is 7.65. The van der Waals surface area contributed by atoms with Crippen LogP contribution in [0.5, 0.6) is 0 Å². The minimum atomic E-state index is -0.402. The molecule has 38 heavy (non-hydrogen) atoms. The van der Waals surface area contributed by atoms with E-state index in [0.717, 1.165) is 47.6 Å². The summed E-state index contributed by atoms with van der Waals surface area (Å²) in [7, 11) is 0. The standard InChI is InChI=1S/C29H34ClN5O3/c1-2-3-12-25-32-27(30)24(35(25)18-19-8-5-4-6-9-19)17-31-33-23-14-13-22-26-20(23)10-7-11-21(26)28(37)34(15-16-36)29(22)38/h7,10-11,13-14,17,19,33,36H,2-6,8-9,12,15-16,18H2,1H3/b31-17+. The number of unbranched alkanes of at least 4 members (excludes halogenated alkanes) is 1. The summed E-state index contributed by atoms with van der Waals surface area (Å²) in [5, 5.41) is 15.6. The molecule has 2 heterocycles. The van der Waals surface area contributed by atoms with E-state index in [1.807, 2.05) is 6.07 Å². The number of carbonyl (C=O) groups is 2. The molecule has 1 aliphatic heterocycles. The van der Waals surface area contributed by atoms with Crippen molar-refractivity contribution < 1.29 is 14.7 Å². The topological polar surface area (TPSA) is 99.8 Å². The van der Waals surface area contributed by atoms with E-state index >= 15 is 0 Å². The summed E-state index contributed by atoms with van der Waals surface area (Å²) < 4.78 is 2.24. The Morgan fingerprint density at radius 2 is 1.89 bits per heavy atom. The Hall–Kier alpha value is -3.23. The maximum Gasteiger partial charge on any atom is 0.261 e. The van der Waals surface area contributed by atoms with Gasteiger partial charge in [0, 0.05) is 34.9 Å². The Morgan fingerprint density at radius 1 is 1.13 bits per heavy atom. The van der Waals surface area contributed by atoms with Crippen LogP contribution >= 0.6 is 11.6 Å². The van der Waals surface area contributed by atoms with Crippen LogP contribution in [0.2, 0.25) is 5.15 Å². The van der Waals surface area contributed by atoms with Crippen LogP contribution < -0.4 is 5.43 Å². The first-order chi connectivity index (χ1) is 18.5. The van der Waals surface area contributed by atoms with Crippen molar-refractivity contribution in [2.45, 2.75) is 64.8 Å². The van der Waals surface area contributed by atoms with Gasteiger partial charge in [-0.3, -0.25) is 19.9 Å². The molecule has 0 bridgehead atoms. The van der Waals surface area contributed by atoms with Crippen LogP contribution in [-0.2, 0) is 13.0 Å². The smallest absolute Gasteiger partial charge is 0.261 e. The third-order valence-corrected chi connectivity index (χ3v) is 7.93. The molecule has 0 saturated heterocycles. The molecule has 2 N–H and O–H groups in total. The maximum absolute atomic E-state index is 12.9. The number of amides is 2. The number of halogens is 1. The van der Waals surface area contributed by atoms with Crippen molar-refractivity contribution in [3.63, 3.8) is 0 Å². The molecule has 0 unspecified atom stereocenters. The molecule has 0 spiro atoms. The summed E-state index contributed by atoms with van der Waals surface area (Å²) in [6, 6.07) is 8.85. The first-order valence-electron chi connectivity index (χ1n) is 13.6. The molecule has 2 aromatic carbocycles. The monoisotopic (exact) mass is 535 g/mol. The lowest BCUT2D eigenvalue weighted by Crippen LogP contribution is -2.41. The van der Waals surface area contributed by atoms with Crippen molar-refractivity contribution in [1.82, 2.24) is 14.5 Å².